The highest BCUT2D eigenvalue weighted by Crippen LogP contribution is 2.31. The lowest BCUT2D eigenvalue weighted by molar-refractivity contribution is 0.606. The number of hydrogen-bond donors (Lipinski definition) is 0. The summed E-state index contributed by atoms with van der Waals surface area (Å²) in [6.07, 6.45) is 1.75. The van der Waals surface area contributed by atoms with Crippen molar-refractivity contribution in [2.75, 3.05) is 11.4 Å². The van der Waals surface area contributed by atoms with Gasteiger partial charge < -0.3 is 4.90 Å². The fourth-order valence-corrected chi connectivity index (χ4v) is 2.66. The molecule has 0 amide bonds. The van der Waals surface area contributed by atoms with Gasteiger partial charge in [-0.2, -0.15) is 5.26 Å². The van der Waals surface area contributed by atoms with Crippen LogP contribution in [0.2, 0.25) is 0 Å². The van der Waals surface area contributed by atoms with Crippen molar-refractivity contribution in [3.8, 4) is 6.07 Å². The van der Waals surface area contributed by atoms with E-state index in [0.29, 0.717) is 18.4 Å². The van der Waals surface area contributed by atoms with Crippen LogP contribution in [0.1, 0.15) is 19.8 Å². The van der Waals surface area contributed by atoms with E-state index in [4.69, 9.17) is 5.26 Å². The molecular formula is C13H15BrN2. The average molecular weight is 279 g/mol. The first-order valence-electron chi connectivity index (χ1n) is 5.60. The Kier molecular flexibility index (Phi) is 3.50. The van der Waals surface area contributed by atoms with E-state index < -0.39 is 0 Å². The Labute approximate surface area is 105 Å². The molecule has 1 saturated heterocycles. The Balaban J connectivity index is 2.19. The summed E-state index contributed by atoms with van der Waals surface area (Å²) in [5.74, 6) is 0.682. The molecule has 0 aromatic heterocycles. The summed E-state index contributed by atoms with van der Waals surface area (Å²) >= 11 is 3.44. The highest BCUT2D eigenvalue weighted by molar-refractivity contribution is 9.10. The molecule has 2 nitrogen and oxygen atoms in total. The molecule has 0 spiro atoms. The average Bonchev–Trinajstić information content (AvgIpc) is 2.61. The zero-order valence-electron chi connectivity index (χ0n) is 9.36. The van der Waals surface area contributed by atoms with Gasteiger partial charge in [-0.1, -0.05) is 22.9 Å². The number of nitrogens with zero attached hydrogens (tertiary/aromatic N) is 2. The molecule has 2 rings (SSSR count). The van der Waals surface area contributed by atoms with E-state index in [1.165, 1.54) is 5.69 Å². The molecule has 84 valence electrons. The van der Waals surface area contributed by atoms with Crippen LogP contribution in [0, 0.1) is 17.2 Å². The molecule has 1 aliphatic rings. The molecule has 3 heteroatoms. The Hall–Kier alpha value is -1.01. The van der Waals surface area contributed by atoms with Crippen LogP contribution in [0.5, 0.6) is 0 Å². The summed E-state index contributed by atoms with van der Waals surface area (Å²) in [7, 11) is 0. The van der Waals surface area contributed by atoms with E-state index >= 15 is 0 Å². The number of nitriles is 1. The van der Waals surface area contributed by atoms with E-state index in [1.54, 1.807) is 0 Å². The Morgan fingerprint density at radius 1 is 1.44 bits per heavy atom. The van der Waals surface area contributed by atoms with Gasteiger partial charge in [-0.05, 0) is 36.6 Å². The third-order valence-corrected chi connectivity index (χ3v) is 3.64. The highest BCUT2D eigenvalue weighted by Gasteiger charge is 2.29. The van der Waals surface area contributed by atoms with Gasteiger partial charge in [-0.15, -0.1) is 0 Å². The predicted molar refractivity (Wildman–Crippen MR) is 69.3 cm³/mol. The Morgan fingerprint density at radius 3 is 2.75 bits per heavy atom. The van der Waals surface area contributed by atoms with Crippen LogP contribution in [-0.2, 0) is 0 Å². The molecule has 1 aromatic carbocycles. The SMILES string of the molecule is CC1CC(CC#N)N(c2ccc(Br)cc2)C1. The van der Waals surface area contributed by atoms with Crippen molar-refractivity contribution >= 4 is 21.6 Å². The zero-order chi connectivity index (χ0) is 11.5. The summed E-state index contributed by atoms with van der Waals surface area (Å²) in [5, 5.41) is 8.84. The van der Waals surface area contributed by atoms with Crippen LogP contribution in [0.15, 0.2) is 28.7 Å². The molecule has 0 saturated carbocycles. The largest absolute Gasteiger partial charge is 0.367 e. The first kappa shape index (κ1) is 11.5. The minimum atomic E-state index is 0.390. The molecule has 0 bridgehead atoms. The quantitative estimate of drug-likeness (QED) is 0.827. The fraction of sp³-hybridized carbons (Fsp3) is 0.462. The van der Waals surface area contributed by atoms with Gasteiger partial charge >= 0.3 is 0 Å². The van der Waals surface area contributed by atoms with Gasteiger partial charge in [0.15, 0.2) is 0 Å². The summed E-state index contributed by atoms with van der Waals surface area (Å²) in [5.41, 5.74) is 1.23. The Bertz CT molecular complexity index is 393. The van der Waals surface area contributed by atoms with Crippen LogP contribution in [0.3, 0.4) is 0 Å². The van der Waals surface area contributed by atoms with Gasteiger partial charge in [-0.3, -0.25) is 0 Å². The lowest BCUT2D eigenvalue weighted by atomic mass is 10.1. The van der Waals surface area contributed by atoms with Crippen LogP contribution < -0.4 is 4.90 Å². The topological polar surface area (TPSA) is 27.0 Å². The normalized spacial score (nSPS) is 24.4. The number of rotatable bonds is 2. The zero-order valence-corrected chi connectivity index (χ0v) is 10.9. The lowest BCUT2D eigenvalue weighted by Crippen LogP contribution is -2.28. The summed E-state index contributed by atoms with van der Waals surface area (Å²) < 4.78 is 1.10. The molecule has 16 heavy (non-hydrogen) atoms. The number of benzene rings is 1. The van der Waals surface area contributed by atoms with Crippen LogP contribution >= 0.6 is 15.9 Å². The second-order valence-electron chi connectivity index (χ2n) is 4.49. The van der Waals surface area contributed by atoms with Crippen molar-refractivity contribution in [2.45, 2.75) is 25.8 Å². The highest BCUT2D eigenvalue weighted by atomic mass is 79.9. The number of anilines is 1. The molecule has 0 radical (unpaired) electrons. The van der Waals surface area contributed by atoms with Crippen molar-refractivity contribution in [1.82, 2.24) is 0 Å². The number of halogens is 1. The van der Waals surface area contributed by atoms with E-state index in [9.17, 15) is 0 Å². The maximum absolute atomic E-state index is 8.84. The maximum Gasteiger partial charge on any atom is 0.0643 e. The van der Waals surface area contributed by atoms with E-state index in [-0.39, 0.29) is 0 Å². The fourth-order valence-electron chi connectivity index (χ4n) is 2.40. The van der Waals surface area contributed by atoms with Crippen molar-refractivity contribution < 1.29 is 0 Å². The van der Waals surface area contributed by atoms with Crippen LogP contribution in [0.4, 0.5) is 5.69 Å². The standard InChI is InChI=1S/C13H15BrN2/c1-10-8-13(6-7-15)16(9-10)12-4-2-11(14)3-5-12/h2-5,10,13H,6,8-9H2,1H3. The van der Waals surface area contributed by atoms with Crippen molar-refractivity contribution in [1.29, 1.82) is 5.26 Å². The third kappa shape index (κ3) is 2.38. The van der Waals surface area contributed by atoms with Crippen molar-refractivity contribution in [3.63, 3.8) is 0 Å². The van der Waals surface area contributed by atoms with Crippen LogP contribution in [0.25, 0.3) is 0 Å². The van der Waals surface area contributed by atoms with E-state index in [0.717, 1.165) is 17.4 Å². The van der Waals surface area contributed by atoms with Gasteiger partial charge in [0.1, 0.15) is 0 Å². The maximum atomic E-state index is 8.84. The minimum absolute atomic E-state index is 0.390. The predicted octanol–water partition coefficient (Wildman–Crippen LogP) is 3.58. The molecule has 0 N–H and O–H groups in total. The van der Waals surface area contributed by atoms with Gasteiger partial charge in [0.05, 0.1) is 12.5 Å². The minimum Gasteiger partial charge on any atom is -0.367 e. The third-order valence-electron chi connectivity index (χ3n) is 3.11. The second-order valence-corrected chi connectivity index (χ2v) is 5.40. The first-order chi connectivity index (χ1) is 7.70. The molecule has 1 heterocycles. The second kappa shape index (κ2) is 4.88. The molecule has 1 aliphatic heterocycles. The summed E-state index contributed by atoms with van der Waals surface area (Å²) in [6, 6.07) is 11.0. The molecule has 1 fully saturated rings. The van der Waals surface area contributed by atoms with Gasteiger partial charge in [0.25, 0.3) is 0 Å². The smallest absolute Gasteiger partial charge is 0.0643 e. The molecule has 1 aromatic rings. The summed E-state index contributed by atoms with van der Waals surface area (Å²) in [6.45, 7) is 3.32. The number of hydrogen-bond acceptors (Lipinski definition) is 2. The molecular weight excluding hydrogens is 264 g/mol. The van der Waals surface area contributed by atoms with Crippen LogP contribution in [-0.4, -0.2) is 12.6 Å². The van der Waals surface area contributed by atoms with Gasteiger partial charge in [-0.25, -0.2) is 0 Å². The van der Waals surface area contributed by atoms with Crippen molar-refractivity contribution in [2.24, 2.45) is 5.92 Å². The Morgan fingerprint density at radius 2 is 2.12 bits per heavy atom. The van der Waals surface area contributed by atoms with Crippen molar-refractivity contribution in [3.05, 3.63) is 28.7 Å². The summed E-state index contributed by atoms with van der Waals surface area (Å²) in [4.78, 5) is 2.36. The van der Waals surface area contributed by atoms with Gasteiger partial charge in [0, 0.05) is 22.7 Å². The van der Waals surface area contributed by atoms with E-state index in [2.05, 4.69) is 58.1 Å². The molecule has 2 unspecified atom stereocenters. The van der Waals surface area contributed by atoms with E-state index in [1.807, 2.05) is 0 Å². The van der Waals surface area contributed by atoms with Gasteiger partial charge in [0.2, 0.25) is 0 Å². The monoisotopic (exact) mass is 278 g/mol. The first-order valence-corrected chi connectivity index (χ1v) is 6.39. The molecule has 2 atom stereocenters. The molecule has 0 aliphatic carbocycles. The lowest BCUT2D eigenvalue weighted by Gasteiger charge is -2.25.